The van der Waals surface area contributed by atoms with E-state index < -0.39 is 11.9 Å². The van der Waals surface area contributed by atoms with E-state index in [1.54, 1.807) is 29.2 Å². The summed E-state index contributed by atoms with van der Waals surface area (Å²) in [4.78, 5) is 43.3. The number of pyridine rings is 1. The van der Waals surface area contributed by atoms with Crippen molar-refractivity contribution in [2.75, 3.05) is 13.1 Å². The summed E-state index contributed by atoms with van der Waals surface area (Å²) in [7, 11) is 0. The van der Waals surface area contributed by atoms with Crippen LogP contribution in [0.25, 0.3) is 28.1 Å². The highest BCUT2D eigenvalue weighted by molar-refractivity contribution is 6.06. The molecule has 0 spiro atoms. The van der Waals surface area contributed by atoms with Crippen LogP contribution in [0.15, 0.2) is 30.7 Å². The van der Waals surface area contributed by atoms with Crippen LogP contribution in [0.1, 0.15) is 23.1 Å². The monoisotopic (exact) mass is 446 g/mol. The number of hydrogen-bond donors (Lipinski definition) is 2. The van der Waals surface area contributed by atoms with Crippen LogP contribution in [0.3, 0.4) is 0 Å². The minimum absolute atomic E-state index is 0.154. The third-order valence-electron chi connectivity index (χ3n) is 5.74. The van der Waals surface area contributed by atoms with Gasteiger partial charge in [0.15, 0.2) is 5.65 Å². The molecule has 5 heterocycles. The molecular formula is C22H19FN8O2. The van der Waals surface area contributed by atoms with Crippen LogP contribution in [0.2, 0.25) is 0 Å². The third-order valence-corrected chi connectivity index (χ3v) is 5.74. The van der Waals surface area contributed by atoms with Gasteiger partial charge in [0, 0.05) is 25.5 Å². The molecule has 33 heavy (non-hydrogen) atoms. The number of amides is 2. The minimum atomic E-state index is -0.757. The Morgan fingerprint density at radius 2 is 2.12 bits per heavy atom. The molecule has 1 atom stereocenters. The molecule has 1 aliphatic heterocycles. The van der Waals surface area contributed by atoms with E-state index in [0.717, 1.165) is 0 Å². The zero-order valence-electron chi connectivity index (χ0n) is 17.8. The predicted molar refractivity (Wildman–Crippen MR) is 115 cm³/mol. The van der Waals surface area contributed by atoms with Gasteiger partial charge < -0.3 is 19.6 Å². The number of hydrogen-bond acceptors (Lipinski definition) is 6. The maximum absolute atomic E-state index is 13.6. The molecule has 1 saturated heterocycles. The Balaban J connectivity index is 1.43. The zero-order valence-corrected chi connectivity index (χ0v) is 17.8. The van der Waals surface area contributed by atoms with Crippen molar-refractivity contribution < 1.29 is 14.0 Å². The van der Waals surface area contributed by atoms with E-state index in [0.29, 0.717) is 47.0 Å². The normalized spacial score (nSPS) is 14.8. The van der Waals surface area contributed by atoms with Crippen molar-refractivity contribution in [1.82, 2.24) is 34.6 Å². The van der Waals surface area contributed by atoms with Crippen LogP contribution in [0.4, 0.5) is 4.39 Å². The van der Waals surface area contributed by atoms with Crippen LogP contribution in [-0.2, 0) is 4.79 Å². The SMILES string of the molecule is Cc1nc(-c2cnc3[nH]cc(C(=O)NC(C)C(=O)N4CC(C#N)C4)c3n2)c2ccc(F)cn12. The van der Waals surface area contributed by atoms with E-state index in [1.165, 1.54) is 24.7 Å². The molecule has 2 amide bonds. The van der Waals surface area contributed by atoms with Crippen LogP contribution in [0, 0.1) is 30.0 Å². The first-order chi connectivity index (χ1) is 15.9. The van der Waals surface area contributed by atoms with E-state index in [2.05, 4.69) is 31.3 Å². The molecular weight excluding hydrogens is 427 g/mol. The fourth-order valence-corrected chi connectivity index (χ4v) is 3.93. The van der Waals surface area contributed by atoms with Gasteiger partial charge in [-0.3, -0.25) is 9.59 Å². The summed E-state index contributed by atoms with van der Waals surface area (Å²) in [5.74, 6) is -0.665. The fourth-order valence-electron chi connectivity index (χ4n) is 3.93. The van der Waals surface area contributed by atoms with Gasteiger partial charge in [0.2, 0.25) is 5.91 Å². The van der Waals surface area contributed by atoms with Gasteiger partial charge in [-0.05, 0) is 26.0 Å². The van der Waals surface area contributed by atoms with Crippen molar-refractivity contribution in [1.29, 1.82) is 5.26 Å². The summed E-state index contributed by atoms with van der Waals surface area (Å²) in [5.41, 5.74) is 2.59. The molecule has 4 aromatic rings. The van der Waals surface area contributed by atoms with Crippen molar-refractivity contribution in [3.8, 4) is 17.5 Å². The first-order valence-electron chi connectivity index (χ1n) is 10.3. The number of fused-ring (bicyclic) bond motifs is 2. The van der Waals surface area contributed by atoms with Crippen molar-refractivity contribution in [3.63, 3.8) is 0 Å². The lowest BCUT2D eigenvalue weighted by Crippen LogP contribution is -2.55. The summed E-state index contributed by atoms with van der Waals surface area (Å²) >= 11 is 0. The lowest BCUT2D eigenvalue weighted by Gasteiger charge is -2.37. The molecule has 0 radical (unpaired) electrons. The largest absolute Gasteiger partial charge is 0.344 e. The lowest BCUT2D eigenvalue weighted by molar-refractivity contribution is -0.137. The molecule has 4 aromatic heterocycles. The number of carbonyl (C=O) groups excluding carboxylic acids is 2. The number of nitrogens with zero attached hydrogens (tertiary/aromatic N) is 6. The van der Waals surface area contributed by atoms with Crippen molar-refractivity contribution in [2.24, 2.45) is 5.92 Å². The van der Waals surface area contributed by atoms with Gasteiger partial charge in [-0.25, -0.2) is 19.3 Å². The molecule has 0 bridgehead atoms. The maximum Gasteiger partial charge on any atom is 0.255 e. The van der Waals surface area contributed by atoms with Crippen molar-refractivity contribution in [2.45, 2.75) is 19.9 Å². The molecule has 1 fully saturated rings. The van der Waals surface area contributed by atoms with E-state index >= 15 is 0 Å². The quantitative estimate of drug-likeness (QED) is 0.491. The standard InChI is InChI=1S/C22H19FN8O2/c1-11(22(33)30-8-13(5-24)9-30)27-21(32)15-6-25-20-18(15)29-16(7-26-20)19-17-4-3-14(23)10-31(17)12(2)28-19/h3-4,6-7,10-11,13H,8-9H2,1-2H3,(H,25,26)(H,27,32). The van der Waals surface area contributed by atoms with Crippen LogP contribution in [-0.4, -0.2) is 60.2 Å². The van der Waals surface area contributed by atoms with Crippen LogP contribution < -0.4 is 5.32 Å². The molecule has 2 N–H and O–H groups in total. The Labute approximate surface area is 187 Å². The molecule has 11 heteroatoms. The average molecular weight is 446 g/mol. The number of nitrogens with one attached hydrogen (secondary N) is 2. The Morgan fingerprint density at radius 1 is 1.33 bits per heavy atom. The zero-order chi connectivity index (χ0) is 23.3. The summed E-state index contributed by atoms with van der Waals surface area (Å²) in [6, 6.07) is 4.32. The number of aromatic amines is 1. The number of halogens is 1. The number of nitriles is 1. The van der Waals surface area contributed by atoms with Crippen molar-refractivity contribution in [3.05, 3.63) is 47.9 Å². The second kappa shape index (κ2) is 7.67. The smallest absolute Gasteiger partial charge is 0.255 e. The van der Waals surface area contributed by atoms with Crippen LogP contribution in [0.5, 0.6) is 0 Å². The number of rotatable bonds is 4. The third kappa shape index (κ3) is 3.45. The number of aromatic nitrogens is 5. The summed E-state index contributed by atoms with van der Waals surface area (Å²) < 4.78 is 15.3. The Morgan fingerprint density at radius 3 is 2.88 bits per heavy atom. The topological polar surface area (TPSA) is 132 Å². The van der Waals surface area contributed by atoms with Gasteiger partial charge in [-0.1, -0.05) is 0 Å². The van der Waals surface area contributed by atoms with Gasteiger partial charge in [0.05, 0.1) is 29.3 Å². The molecule has 1 unspecified atom stereocenters. The summed E-state index contributed by atoms with van der Waals surface area (Å²) in [5, 5.41) is 11.6. The number of imidazole rings is 1. The Bertz CT molecular complexity index is 1460. The molecule has 0 saturated carbocycles. The molecule has 0 aliphatic carbocycles. The van der Waals surface area contributed by atoms with Crippen molar-refractivity contribution >= 4 is 28.5 Å². The molecule has 10 nitrogen and oxygen atoms in total. The Kier molecular flexibility index (Phi) is 4.78. The molecule has 5 rings (SSSR count). The van der Waals surface area contributed by atoms with E-state index in [4.69, 9.17) is 5.26 Å². The fraction of sp³-hybridized carbons (Fsp3) is 0.273. The highest BCUT2D eigenvalue weighted by Crippen LogP contribution is 2.26. The van der Waals surface area contributed by atoms with Gasteiger partial charge >= 0.3 is 0 Å². The predicted octanol–water partition coefficient (Wildman–Crippen LogP) is 1.82. The minimum Gasteiger partial charge on any atom is -0.344 e. The number of aryl methyl sites for hydroxylation is 1. The van der Waals surface area contributed by atoms with E-state index in [9.17, 15) is 14.0 Å². The number of H-pyrrole nitrogens is 1. The number of likely N-dealkylation sites (tertiary alicyclic amines) is 1. The van der Waals surface area contributed by atoms with Gasteiger partial charge in [-0.15, -0.1) is 0 Å². The number of carbonyl (C=O) groups is 2. The average Bonchev–Trinajstić information content (AvgIpc) is 3.33. The highest BCUT2D eigenvalue weighted by Gasteiger charge is 2.33. The second-order valence-electron chi connectivity index (χ2n) is 8.03. The summed E-state index contributed by atoms with van der Waals surface area (Å²) in [6.07, 6.45) is 4.37. The molecule has 1 aliphatic rings. The van der Waals surface area contributed by atoms with Gasteiger partial charge in [0.1, 0.15) is 34.6 Å². The van der Waals surface area contributed by atoms with Crippen LogP contribution >= 0.6 is 0 Å². The first kappa shape index (κ1) is 20.6. The Hall–Kier alpha value is -4.33. The molecule has 0 aromatic carbocycles. The second-order valence-corrected chi connectivity index (χ2v) is 8.03. The first-order valence-corrected chi connectivity index (χ1v) is 10.3. The molecule has 166 valence electrons. The highest BCUT2D eigenvalue weighted by atomic mass is 19.1. The lowest BCUT2D eigenvalue weighted by atomic mass is 10.0. The van der Waals surface area contributed by atoms with E-state index in [-0.39, 0.29) is 23.2 Å². The summed E-state index contributed by atoms with van der Waals surface area (Å²) in [6.45, 7) is 4.11. The van der Waals surface area contributed by atoms with Gasteiger partial charge in [0.25, 0.3) is 5.91 Å². The van der Waals surface area contributed by atoms with Gasteiger partial charge in [-0.2, -0.15) is 5.26 Å². The van der Waals surface area contributed by atoms with E-state index in [1.807, 2.05) is 0 Å². The maximum atomic E-state index is 13.6.